The SMILES string of the molecule is C[Si](C)(C)CCOCn1ccc2c(-c3cnn(C4CN(C5C6CNCC5COC6)C4)c3)ncnc21. The fourth-order valence-electron chi connectivity index (χ4n) is 5.80. The van der Waals surface area contributed by atoms with E-state index in [1.165, 1.54) is 0 Å². The summed E-state index contributed by atoms with van der Waals surface area (Å²) in [5.41, 5.74) is 2.88. The van der Waals surface area contributed by atoms with E-state index in [2.05, 4.69) is 61.3 Å². The highest BCUT2D eigenvalue weighted by atomic mass is 28.3. The van der Waals surface area contributed by atoms with E-state index < -0.39 is 8.07 Å². The zero-order chi connectivity index (χ0) is 24.0. The average molecular weight is 496 g/mol. The minimum Gasteiger partial charge on any atom is -0.381 e. The first-order valence-corrected chi connectivity index (χ1v) is 16.6. The van der Waals surface area contributed by atoms with Crippen molar-refractivity contribution in [2.45, 2.75) is 44.5 Å². The van der Waals surface area contributed by atoms with Gasteiger partial charge in [-0.25, -0.2) is 9.97 Å². The van der Waals surface area contributed by atoms with Crippen LogP contribution in [0.1, 0.15) is 6.04 Å². The topological polar surface area (TPSA) is 82.3 Å². The molecular weight excluding hydrogens is 458 g/mol. The van der Waals surface area contributed by atoms with Gasteiger partial charge in [-0.1, -0.05) is 19.6 Å². The van der Waals surface area contributed by atoms with Gasteiger partial charge in [0.05, 0.1) is 31.1 Å². The third-order valence-electron chi connectivity index (χ3n) is 7.79. The van der Waals surface area contributed by atoms with Gasteiger partial charge in [-0.3, -0.25) is 9.58 Å². The molecule has 1 N–H and O–H groups in total. The molecule has 0 saturated carbocycles. The summed E-state index contributed by atoms with van der Waals surface area (Å²) in [6.07, 6.45) is 7.79. The van der Waals surface area contributed by atoms with E-state index in [9.17, 15) is 0 Å². The van der Waals surface area contributed by atoms with Crippen molar-refractivity contribution in [1.82, 2.24) is 34.5 Å². The molecule has 0 aliphatic carbocycles. The van der Waals surface area contributed by atoms with Gasteiger partial charge < -0.3 is 19.4 Å². The van der Waals surface area contributed by atoms with Crippen molar-refractivity contribution in [3.05, 3.63) is 31.0 Å². The second-order valence-electron chi connectivity index (χ2n) is 11.6. The van der Waals surface area contributed by atoms with Crippen LogP contribution in [0.25, 0.3) is 22.3 Å². The predicted octanol–water partition coefficient (Wildman–Crippen LogP) is 2.70. The molecule has 0 amide bonds. The molecule has 10 heteroatoms. The van der Waals surface area contributed by atoms with Gasteiger partial charge in [0.15, 0.2) is 0 Å². The van der Waals surface area contributed by atoms with E-state index in [-0.39, 0.29) is 0 Å². The standard InChI is InChI=1S/C25H37N7O2Si/c1-35(2,3)7-6-33-17-30-5-4-22-23(27-16-28-25(22)30)18-10-29-32(11-18)21-12-31(13-21)24-19-8-26-9-20(24)15-34-14-19/h4-5,10-11,16,19-21,24,26H,6-9,12-15,17H2,1-3H3. The monoisotopic (exact) mass is 495 g/mol. The van der Waals surface area contributed by atoms with Crippen LogP contribution in [0.2, 0.25) is 25.7 Å². The molecule has 2 unspecified atom stereocenters. The molecule has 0 aromatic carbocycles. The lowest BCUT2D eigenvalue weighted by Gasteiger charge is -2.53. The first-order valence-electron chi connectivity index (χ1n) is 12.9. The number of nitrogens with one attached hydrogen (secondary N) is 1. The Bertz CT molecular complexity index is 1140. The minimum atomic E-state index is -1.09. The first-order chi connectivity index (χ1) is 17.0. The van der Waals surface area contributed by atoms with Crippen molar-refractivity contribution in [2.75, 3.05) is 46.0 Å². The van der Waals surface area contributed by atoms with Crippen LogP contribution >= 0.6 is 0 Å². The maximum absolute atomic E-state index is 5.96. The van der Waals surface area contributed by atoms with Gasteiger partial charge >= 0.3 is 0 Å². The molecule has 3 fully saturated rings. The van der Waals surface area contributed by atoms with Gasteiger partial charge in [-0.15, -0.1) is 0 Å². The Balaban J connectivity index is 1.12. The molecule has 188 valence electrons. The quantitative estimate of drug-likeness (QED) is 0.380. The molecule has 0 radical (unpaired) electrons. The Labute approximate surface area is 207 Å². The smallest absolute Gasteiger partial charge is 0.145 e. The third kappa shape index (κ3) is 4.70. The first kappa shape index (κ1) is 23.3. The van der Waals surface area contributed by atoms with Crippen LogP contribution in [-0.2, 0) is 16.2 Å². The molecule has 35 heavy (non-hydrogen) atoms. The van der Waals surface area contributed by atoms with Gasteiger partial charge in [0.2, 0.25) is 0 Å². The van der Waals surface area contributed by atoms with Crippen molar-refractivity contribution in [2.24, 2.45) is 11.8 Å². The Kier molecular flexibility index (Phi) is 6.26. The highest BCUT2D eigenvalue weighted by Gasteiger charge is 2.45. The lowest BCUT2D eigenvalue weighted by molar-refractivity contribution is -0.0989. The third-order valence-corrected chi connectivity index (χ3v) is 9.49. The molecule has 3 aromatic heterocycles. The highest BCUT2D eigenvalue weighted by Crippen LogP contribution is 2.35. The summed E-state index contributed by atoms with van der Waals surface area (Å²) >= 11 is 0. The summed E-state index contributed by atoms with van der Waals surface area (Å²) in [6, 6.07) is 4.32. The largest absolute Gasteiger partial charge is 0.381 e. The summed E-state index contributed by atoms with van der Waals surface area (Å²) in [4.78, 5) is 11.8. The summed E-state index contributed by atoms with van der Waals surface area (Å²) in [6.45, 7) is 14.5. The molecule has 3 aromatic rings. The number of fused-ring (bicyclic) bond motifs is 3. The molecule has 9 nitrogen and oxygen atoms in total. The number of ether oxygens (including phenoxy) is 2. The van der Waals surface area contributed by atoms with Crippen LogP contribution in [0.4, 0.5) is 0 Å². The Hall–Kier alpha value is -2.11. The van der Waals surface area contributed by atoms with Crippen LogP contribution in [0.3, 0.4) is 0 Å². The van der Waals surface area contributed by atoms with E-state index in [0.717, 1.165) is 74.3 Å². The van der Waals surface area contributed by atoms with E-state index in [1.54, 1.807) is 6.33 Å². The van der Waals surface area contributed by atoms with Crippen LogP contribution in [0.5, 0.6) is 0 Å². The average Bonchev–Trinajstić information content (AvgIpc) is 3.42. The summed E-state index contributed by atoms with van der Waals surface area (Å²) in [5, 5.41) is 9.35. The molecule has 0 spiro atoms. The zero-order valence-corrected chi connectivity index (χ0v) is 22.1. The van der Waals surface area contributed by atoms with Gasteiger partial charge in [0.25, 0.3) is 0 Å². The van der Waals surface area contributed by atoms with Gasteiger partial charge in [-0.2, -0.15) is 5.10 Å². The molecule has 3 aliphatic heterocycles. The van der Waals surface area contributed by atoms with Crippen molar-refractivity contribution in [1.29, 1.82) is 0 Å². The summed E-state index contributed by atoms with van der Waals surface area (Å²) < 4.78 is 16.0. The van der Waals surface area contributed by atoms with Gasteiger partial charge in [0, 0.05) is 82.1 Å². The van der Waals surface area contributed by atoms with Crippen molar-refractivity contribution in [3.63, 3.8) is 0 Å². The van der Waals surface area contributed by atoms with Crippen molar-refractivity contribution < 1.29 is 9.47 Å². The molecule has 2 bridgehead atoms. The number of likely N-dealkylation sites (tertiary alicyclic amines) is 1. The van der Waals surface area contributed by atoms with Crippen LogP contribution in [-0.4, -0.2) is 89.3 Å². The van der Waals surface area contributed by atoms with E-state index in [0.29, 0.717) is 30.7 Å². The van der Waals surface area contributed by atoms with Crippen LogP contribution in [0, 0.1) is 11.8 Å². The fraction of sp³-hybridized carbons (Fsp3) is 0.640. The normalized spacial score (nSPS) is 25.7. The lowest BCUT2D eigenvalue weighted by atomic mass is 9.80. The summed E-state index contributed by atoms with van der Waals surface area (Å²) in [7, 11) is -1.09. The number of piperidine rings is 1. The van der Waals surface area contributed by atoms with Crippen molar-refractivity contribution >= 4 is 19.1 Å². The van der Waals surface area contributed by atoms with E-state index in [1.807, 2.05) is 12.4 Å². The zero-order valence-electron chi connectivity index (χ0n) is 21.1. The summed E-state index contributed by atoms with van der Waals surface area (Å²) in [5.74, 6) is 1.21. The van der Waals surface area contributed by atoms with Gasteiger partial charge in [0.1, 0.15) is 18.7 Å². The lowest BCUT2D eigenvalue weighted by Crippen LogP contribution is -2.65. The van der Waals surface area contributed by atoms with E-state index >= 15 is 0 Å². The molecular formula is C25H37N7O2Si. The Morgan fingerprint density at radius 1 is 1.14 bits per heavy atom. The second-order valence-corrected chi connectivity index (χ2v) is 17.2. The Morgan fingerprint density at radius 2 is 1.94 bits per heavy atom. The number of hydrogen-bond donors (Lipinski definition) is 1. The minimum absolute atomic E-state index is 0.418. The van der Waals surface area contributed by atoms with Crippen LogP contribution < -0.4 is 5.32 Å². The van der Waals surface area contributed by atoms with Crippen molar-refractivity contribution in [3.8, 4) is 11.3 Å². The highest BCUT2D eigenvalue weighted by molar-refractivity contribution is 6.76. The molecule has 6 heterocycles. The number of nitrogens with zero attached hydrogens (tertiary/aromatic N) is 6. The number of hydrogen-bond acceptors (Lipinski definition) is 7. The molecule has 3 aliphatic rings. The molecule has 2 atom stereocenters. The number of rotatable bonds is 8. The molecule has 3 saturated heterocycles. The predicted molar refractivity (Wildman–Crippen MR) is 138 cm³/mol. The maximum Gasteiger partial charge on any atom is 0.145 e. The van der Waals surface area contributed by atoms with Gasteiger partial charge in [-0.05, 0) is 12.1 Å². The van der Waals surface area contributed by atoms with E-state index in [4.69, 9.17) is 14.6 Å². The maximum atomic E-state index is 5.96. The fourth-order valence-corrected chi connectivity index (χ4v) is 6.56. The second kappa shape index (κ2) is 9.40. The Morgan fingerprint density at radius 3 is 2.71 bits per heavy atom. The van der Waals surface area contributed by atoms with Crippen LogP contribution in [0.15, 0.2) is 31.0 Å². The molecule has 6 rings (SSSR count). The number of aromatic nitrogens is 5.